The van der Waals surface area contributed by atoms with Gasteiger partial charge in [0, 0.05) is 37.4 Å². The summed E-state index contributed by atoms with van der Waals surface area (Å²) in [5.41, 5.74) is 6.96. The Morgan fingerprint density at radius 2 is 2.17 bits per heavy atom. The largest absolute Gasteiger partial charge is 0.383 e. The van der Waals surface area contributed by atoms with E-state index in [-0.39, 0.29) is 11.8 Å². The number of aromatic nitrogens is 1. The van der Waals surface area contributed by atoms with Crippen LogP contribution in [0.2, 0.25) is 0 Å². The van der Waals surface area contributed by atoms with Crippen LogP contribution in [0.5, 0.6) is 0 Å². The highest BCUT2D eigenvalue weighted by atomic mass is 32.2. The molecular weight excluding hydrogens is 324 g/mol. The quantitative estimate of drug-likeness (QED) is 0.742. The van der Waals surface area contributed by atoms with Gasteiger partial charge in [0.15, 0.2) is 0 Å². The van der Waals surface area contributed by atoms with Gasteiger partial charge in [-0.2, -0.15) is 0 Å². The van der Waals surface area contributed by atoms with E-state index in [1.807, 2.05) is 19.1 Å². The molecule has 2 heterocycles. The van der Waals surface area contributed by atoms with Crippen molar-refractivity contribution in [2.45, 2.75) is 45.2 Å². The third-order valence-corrected chi connectivity index (χ3v) is 6.57. The number of sulfonamides is 1. The van der Waals surface area contributed by atoms with Crippen molar-refractivity contribution in [1.29, 1.82) is 0 Å². The van der Waals surface area contributed by atoms with E-state index >= 15 is 0 Å². The first-order valence-electron chi connectivity index (χ1n) is 8.90. The van der Waals surface area contributed by atoms with Gasteiger partial charge >= 0.3 is 0 Å². The molecule has 0 unspecified atom stereocenters. The number of likely N-dealkylation sites (tertiary alicyclic amines) is 1. The first kappa shape index (κ1) is 17.6. The van der Waals surface area contributed by atoms with Crippen molar-refractivity contribution in [1.82, 2.24) is 14.6 Å². The topological polar surface area (TPSA) is 88.3 Å². The van der Waals surface area contributed by atoms with E-state index < -0.39 is 10.0 Å². The van der Waals surface area contributed by atoms with E-state index in [1.165, 1.54) is 12.8 Å². The van der Waals surface area contributed by atoms with Gasteiger partial charge in [0.1, 0.15) is 5.82 Å². The van der Waals surface area contributed by atoms with Gasteiger partial charge in [-0.3, -0.25) is 4.90 Å². The molecule has 1 aromatic heterocycles. The molecule has 0 bridgehead atoms. The Balaban J connectivity index is 1.65. The molecule has 134 valence electrons. The van der Waals surface area contributed by atoms with E-state index in [2.05, 4.69) is 14.6 Å². The highest BCUT2D eigenvalue weighted by Gasteiger charge is 2.43. The molecule has 0 amide bonds. The number of hydrogen-bond acceptors (Lipinski definition) is 5. The van der Waals surface area contributed by atoms with Crippen LogP contribution in [-0.4, -0.2) is 43.2 Å². The summed E-state index contributed by atoms with van der Waals surface area (Å²) in [6.07, 6.45) is 5.75. The summed E-state index contributed by atoms with van der Waals surface area (Å²) in [5, 5.41) is 0. The Morgan fingerprint density at radius 1 is 1.38 bits per heavy atom. The van der Waals surface area contributed by atoms with Gasteiger partial charge in [0.25, 0.3) is 0 Å². The molecule has 0 radical (unpaired) electrons. The first-order chi connectivity index (χ1) is 11.5. The van der Waals surface area contributed by atoms with Crippen molar-refractivity contribution in [2.24, 2.45) is 11.8 Å². The maximum absolute atomic E-state index is 12.3. The van der Waals surface area contributed by atoms with Crippen molar-refractivity contribution in [3.8, 4) is 0 Å². The molecule has 24 heavy (non-hydrogen) atoms. The number of anilines is 1. The first-order valence-corrected chi connectivity index (χ1v) is 10.6. The minimum atomic E-state index is -3.18. The number of nitrogens with two attached hydrogens (primary N) is 1. The van der Waals surface area contributed by atoms with E-state index in [1.54, 1.807) is 6.20 Å². The Labute approximate surface area is 144 Å². The summed E-state index contributed by atoms with van der Waals surface area (Å²) >= 11 is 0. The average molecular weight is 353 g/mol. The molecule has 0 aromatic carbocycles. The minimum absolute atomic E-state index is 0.0252. The van der Waals surface area contributed by atoms with Gasteiger partial charge in [0.2, 0.25) is 10.0 Å². The Kier molecular flexibility index (Phi) is 5.42. The predicted molar refractivity (Wildman–Crippen MR) is 95.8 cm³/mol. The fourth-order valence-corrected chi connectivity index (χ4v) is 5.12. The third kappa shape index (κ3) is 4.46. The molecule has 1 aliphatic heterocycles. The second-order valence-electron chi connectivity index (χ2n) is 7.14. The van der Waals surface area contributed by atoms with Crippen LogP contribution in [0.15, 0.2) is 18.3 Å². The Bertz CT molecular complexity index is 660. The Morgan fingerprint density at radius 3 is 2.83 bits per heavy atom. The lowest BCUT2D eigenvalue weighted by atomic mass is 9.99. The van der Waals surface area contributed by atoms with Crippen LogP contribution in [0.25, 0.3) is 0 Å². The SMILES string of the molecule is CCCCS(=O)(=O)N[C@@H]1CN(Cc2cccnc2N)C[C@H]1C1CC1. The van der Waals surface area contributed by atoms with Gasteiger partial charge in [-0.15, -0.1) is 0 Å². The standard InChI is InChI=1S/C17H28N4O2S/c1-2-3-9-24(22,23)20-16-12-21(11-15(16)13-6-7-13)10-14-5-4-8-19-17(14)18/h4-5,8,13,15-16,20H,2-3,6-7,9-12H2,1H3,(H2,18,19)/t15-,16+/m0/s1. The molecule has 1 aromatic rings. The monoisotopic (exact) mass is 352 g/mol. The lowest BCUT2D eigenvalue weighted by Crippen LogP contribution is -2.42. The number of nitrogen functional groups attached to an aromatic ring is 1. The molecule has 2 atom stereocenters. The van der Waals surface area contributed by atoms with Gasteiger partial charge in [-0.05, 0) is 37.2 Å². The molecule has 1 saturated carbocycles. The maximum atomic E-state index is 12.3. The zero-order valence-corrected chi connectivity index (χ0v) is 15.1. The van der Waals surface area contributed by atoms with Crippen LogP contribution in [0.4, 0.5) is 5.82 Å². The summed E-state index contributed by atoms with van der Waals surface area (Å²) < 4.78 is 27.6. The summed E-state index contributed by atoms with van der Waals surface area (Å²) in [6.45, 7) is 4.43. The average Bonchev–Trinajstić information content (AvgIpc) is 3.31. The number of hydrogen-bond donors (Lipinski definition) is 2. The van der Waals surface area contributed by atoms with Gasteiger partial charge in [0.05, 0.1) is 5.75 Å². The maximum Gasteiger partial charge on any atom is 0.211 e. The lowest BCUT2D eigenvalue weighted by molar-refractivity contribution is 0.310. The number of rotatable bonds is 8. The van der Waals surface area contributed by atoms with Crippen LogP contribution in [0, 0.1) is 11.8 Å². The van der Waals surface area contributed by atoms with Crippen LogP contribution < -0.4 is 10.5 Å². The zero-order chi connectivity index (χ0) is 17.2. The van der Waals surface area contributed by atoms with E-state index in [0.29, 0.717) is 24.1 Å². The molecule has 0 spiro atoms. The summed E-state index contributed by atoms with van der Waals surface area (Å²) in [4.78, 5) is 6.45. The summed E-state index contributed by atoms with van der Waals surface area (Å²) in [6, 6.07) is 3.91. The second-order valence-corrected chi connectivity index (χ2v) is 9.01. The van der Waals surface area contributed by atoms with Crippen molar-refractivity contribution in [3.63, 3.8) is 0 Å². The molecule has 7 heteroatoms. The summed E-state index contributed by atoms with van der Waals surface area (Å²) in [5.74, 6) is 1.87. The van der Waals surface area contributed by atoms with Crippen LogP contribution in [-0.2, 0) is 16.6 Å². The molecule has 2 fully saturated rings. The third-order valence-electron chi connectivity index (χ3n) is 5.09. The van der Waals surface area contributed by atoms with Crippen molar-refractivity contribution < 1.29 is 8.42 Å². The molecular formula is C17H28N4O2S. The highest BCUT2D eigenvalue weighted by molar-refractivity contribution is 7.89. The van der Waals surface area contributed by atoms with E-state index in [9.17, 15) is 8.42 Å². The van der Waals surface area contributed by atoms with E-state index in [0.717, 1.165) is 31.6 Å². The number of nitrogens with one attached hydrogen (secondary N) is 1. The fourth-order valence-electron chi connectivity index (χ4n) is 3.62. The van der Waals surface area contributed by atoms with Crippen molar-refractivity contribution in [2.75, 3.05) is 24.6 Å². The minimum Gasteiger partial charge on any atom is -0.383 e. The molecule has 2 aliphatic rings. The fraction of sp³-hybridized carbons (Fsp3) is 0.706. The number of unbranched alkanes of at least 4 members (excludes halogenated alkanes) is 1. The van der Waals surface area contributed by atoms with Gasteiger partial charge < -0.3 is 5.73 Å². The van der Waals surface area contributed by atoms with Crippen LogP contribution in [0.3, 0.4) is 0 Å². The molecule has 3 rings (SSSR count). The molecule has 3 N–H and O–H groups in total. The number of pyridine rings is 1. The zero-order valence-electron chi connectivity index (χ0n) is 14.3. The normalized spacial score (nSPS) is 25.2. The van der Waals surface area contributed by atoms with Crippen molar-refractivity contribution in [3.05, 3.63) is 23.9 Å². The van der Waals surface area contributed by atoms with Gasteiger partial charge in [-0.1, -0.05) is 19.4 Å². The lowest BCUT2D eigenvalue weighted by Gasteiger charge is -2.19. The molecule has 1 aliphatic carbocycles. The van der Waals surface area contributed by atoms with Crippen LogP contribution in [0.1, 0.15) is 38.2 Å². The second kappa shape index (κ2) is 7.37. The van der Waals surface area contributed by atoms with Crippen LogP contribution >= 0.6 is 0 Å². The molecule has 6 nitrogen and oxygen atoms in total. The number of nitrogens with zero attached hydrogens (tertiary/aromatic N) is 2. The summed E-state index contributed by atoms with van der Waals surface area (Å²) in [7, 11) is -3.18. The van der Waals surface area contributed by atoms with E-state index in [4.69, 9.17) is 5.73 Å². The smallest absolute Gasteiger partial charge is 0.211 e. The Hall–Kier alpha value is -1.18. The predicted octanol–water partition coefficient (Wildman–Crippen LogP) is 1.59. The highest BCUT2D eigenvalue weighted by Crippen LogP contribution is 2.42. The van der Waals surface area contributed by atoms with Crippen molar-refractivity contribution >= 4 is 15.8 Å². The molecule has 1 saturated heterocycles. The van der Waals surface area contributed by atoms with Gasteiger partial charge in [-0.25, -0.2) is 18.1 Å².